The zero-order valence-electron chi connectivity index (χ0n) is 2.01. The summed E-state index contributed by atoms with van der Waals surface area (Å²) >= 11 is 0. The van der Waals surface area contributed by atoms with Gasteiger partial charge in [-0.15, -0.1) is 0 Å². The molecule has 0 amide bonds. The maximum atomic E-state index is 0. The van der Waals surface area contributed by atoms with Crippen molar-refractivity contribution in [1.29, 1.82) is 0 Å². The van der Waals surface area contributed by atoms with Gasteiger partial charge in [0.1, 0.15) is 0 Å². The van der Waals surface area contributed by atoms with Crippen molar-refractivity contribution in [1.82, 2.24) is 0 Å². The van der Waals surface area contributed by atoms with Crippen LogP contribution in [0.25, 0.3) is 0 Å². The SMILES string of the molecule is [I-].[I-].[I-].[I-].[U+4]. The molecule has 32 valence electrons. The summed E-state index contributed by atoms with van der Waals surface area (Å²) in [7, 11) is 0. The predicted molar refractivity (Wildman–Crippen MR) is 0 cm³/mol. The first-order valence-electron chi connectivity index (χ1n) is 0. The largest absolute Gasteiger partial charge is 4.00 e. The van der Waals surface area contributed by atoms with Gasteiger partial charge >= 0.3 is 31.1 Å². The molecule has 0 rings (SSSR count). The molecule has 0 aliphatic heterocycles. The van der Waals surface area contributed by atoms with Gasteiger partial charge in [-0.25, -0.2) is 0 Å². The first-order valence-corrected chi connectivity index (χ1v) is 0. The van der Waals surface area contributed by atoms with Crippen LogP contribution in [-0.2, 0) is 0 Å². The van der Waals surface area contributed by atoms with Crippen LogP contribution in [0.2, 0.25) is 0 Å². The standard InChI is InChI=1S/4HI.U/h4*1H;/q;;;;+4/p-4. The first kappa shape index (κ1) is 36.1. The molecule has 5 heteroatoms. The smallest absolute Gasteiger partial charge is 1.00 e. The van der Waals surface area contributed by atoms with Crippen LogP contribution in [0.1, 0.15) is 0 Å². The van der Waals surface area contributed by atoms with Crippen LogP contribution in [0.4, 0.5) is 0 Å². The molecule has 0 unspecified atom stereocenters. The summed E-state index contributed by atoms with van der Waals surface area (Å²) in [4.78, 5) is 0. The van der Waals surface area contributed by atoms with Gasteiger partial charge in [0.2, 0.25) is 0 Å². The van der Waals surface area contributed by atoms with Crippen molar-refractivity contribution in [2.24, 2.45) is 0 Å². The molecule has 0 heterocycles. The van der Waals surface area contributed by atoms with Gasteiger partial charge in [0, 0.05) is 0 Å². The molecule has 0 fully saturated rings. The van der Waals surface area contributed by atoms with Crippen molar-refractivity contribution >= 4 is 0 Å². The molecule has 0 saturated carbocycles. The normalized spacial score (nSPS) is 0. The molecule has 0 atom stereocenters. The maximum Gasteiger partial charge on any atom is 4.00 e. The fraction of sp³-hybridized carbons (Fsp3) is 0. The van der Waals surface area contributed by atoms with Crippen molar-refractivity contribution in [3.05, 3.63) is 0 Å². The van der Waals surface area contributed by atoms with E-state index in [1.165, 1.54) is 0 Å². The second-order valence-corrected chi connectivity index (χ2v) is 0. The Balaban J connectivity index is 0. The van der Waals surface area contributed by atoms with Gasteiger partial charge in [-0.05, 0) is 0 Å². The molecule has 0 aromatic heterocycles. The number of hydrogen-bond acceptors (Lipinski definition) is 0. The number of hydrogen-bond donors (Lipinski definition) is 0. The average Bonchev–Trinajstić information content (AvgIpc) is 0. The Morgan fingerprint density at radius 3 is 0.400 bits per heavy atom. The van der Waals surface area contributed by atoms with Gasteiger partial charge in [-0.2, -0.15) is 0 Å². The molecule has 0 aromatic rings. The van der Waals surface area contributed by atoms with E-state index in [9.17, 15) is 0 Å². The van der Waals surface area contributed by atoms with Crippen LogP contribution < -0.4 is 95.9 Å². The van der Waals surface area contributed by atoms with Gasteiger partial charge in [0.25, 0.3) is 0 Å². The zero-order valence-corrected chi connectivity index (χ0v) is 14.8. The Bertz CT molecular complexity index is 3.61. The third-order valence-electron chi connectivity index (χ3n) is 0. The summed E-state index contributed by atoms with van der Waals surface area (Å²) in [5.74, 6) is 0. The number of halogens is 4. The first-order chi connectivity index (χ1) is 0. The molecule has 0 aliphatic carbocycles. The van der Waals surface area contributed by atoms with E-state index in [0.717, 1.165) is 0 Å². The molecule has 0 radical (unpaired) electrons. The Morgan fingerprint density at radius 1 is 0.400 bits per heavy atom. The molecular formula is I4U. The van der Waals surface area contributed by atoms with E-state index in [0.29, 0.717) is 0 Å². The molecule has 0 saturated heterocycles. The van der Waals surface area contributed by atoms with E-state index in [1.807, 2.05) is 0 Å². The van der Waals surface area contributed by atoms with Crippen LogP contribution in [-0.4, -0.2) is 0 Å². The average molecular weight is 746 g/mol. The molecule has 0 aromatic carbocycles. The topological polar surface area (TPSA) is 0 Å². The van der Waals surface area contributed by atoms with Gasteiger partial charge in [0.15, 0.2) is 0 Å². The fourth-order valence-corrected chi connectivity index (χ4v) is 0. The van der Waals surface area contributed by atoms with Gasteiger partial charge < -0.3 is 95.9 Å². The molecule has 0 spiro atoms. The maximum absolute atomic E-state index is 0. The van der Waals surface area contributed by atoms with Crippen LogP contribution in [0, 0.1) is 31.1 Å². The minimum atomic E-state index is 0. The fourth-order valence-electron chi connectivity index (χ4n) is 0. The molecular weight excluding hydrogens is 746 g/mol. The minimum absolute atomic E-state index is 0. The van der Waals surface area contributed by atoms with Crippen LogP contribution in [0.15, 0.2) is 0 Å². The third kappa shape index (κ3) is 18.0. The van der Waals surface area contributed by atoms with Crippen LogP contribution >= 0.6 is 0 Å². The van der Waals surface area contributed by atoms with E-state index in [4.69, 9.17) is 0 Å². The summed E-state index contributed by atoms with van der Waals surface area (Å²) in [6.07, 6.45) is 0. The zero-order chi connectivity index (χ0) is 0. The molecule has 0 N–H and O–H groups in total. The summed E-state index contributed by atoms with van der Waals surface area (Å²) in [5, 5.41) is 0. The van der Waals surface area contributed by atoms with Crippen molar-refractivity contribution in [3.63, 3.8) is 0 Å². The van der Waals surface area contributed by atoms with Crippen molar-refractivity contribution in [3.8, 4) is 0 Å². The van der Waals surface area contributed by atoms with Gasteiger partial charge in [0.05, 0.1) is 0 Å². The quantitative estimate of drug-likeness (QED) is 0.217. The summed E-state index contributed by atoms with van der Waals surface area (Å²) in [5.41, 5.74) is 0. The Hall–Kier alpha value is 3.97. The van der Waals surface area contributed by atoms with Crippen molar-refractivity contribution in [2.45, 2.75) is 0 Å². The monoisotopic (exact) mass is 746 g/mol. The van der Waals surface area contributed by atoms with E-state index >= 15 is 0 Å². The summed E-state index contributed by atoms with van der Waals surface area (Å²) in [6.45, 7) is 0. The van der Waals surface area contributed by atoms with E-state index in [2.05, 4.69) is 0 Å². The second kappa shape index (κ2) is 24.6. The third-order valence-corrected chi connectivity index (χ3v) is 0. The molecule has 5 heavy (non-hydrogen) atoms. The molecule has 0 aliphatic rings. The van der Waals surface area contributed by atoms with Gasteiger partial charge in [-0.1, -0.05) is 0 Å². The van der Waals surface area contributed by atoms with Crippen LogP contribution in [0.5, 0.6) is 0 Å². The molecule has 0 bridgehead atoms. The Morgan fingerprint density at radius 2 is 0.400 bits per heavy atom. The number of rotatable bonds is 0. The Labute approximate surface area is 124 Å². The van der Waals surface area contributed by atoms with Crippen molar-refractivity contribution < 1.29 is 127 Å². The predicted octanol–water partition coefficient (Wildman–Crippen LogP) is -12.0. The van der Waals surface area contributed by atoms with E-state index < -0.39 is 0 Å². The summed E-state index contributed by atoms with van der Waals surface area (Å²) in [6, 6.07) is 0. The second-order valence-electron chi connectivity index (χ2n) is 0. The molecule has 0 nitrogen and oxygen atoms in total. The minimum Gasteiger partial charge on any atom is -1.00 e. The summed E-state index contributed by atoms with van der Waals surface area (Å²) < 4.78 is 0. The van der Waals surface area contributed by atoms with Crippen LogP contribution in [0.3, 0.4) is 0 Å². The Kier molecular flexibility index (Phi) is 178. The van der Waals surface area contributed by atoms with Gasteiger partial charge in [-0.3, -0.25) is 0 Å². The van der Waals surface area contributed by atoms with E-state index in [1.54, 1.807) is 0 Å². The van der Waals surface area contributed by atoms with E-state index in [-0.39, 0.29) is 127 Å². The van der Waals surface area contributed by atoms with Crippen molar-refractivity contribution in [2.75, 3.05) is 0 Å².